The van der Waals surface area contributed by atoms with E-state index in [-0.39, 0.29) is 0 Å². The zero-order chi connectivity index (χ0) is 14.2. The van der Waals surface area contributed by atoms with Crippen molar-refractivity contribution < 1.29 is 0 Å². The molecule has 2 heteroatoms. The Balaban J connectivity index is 1.72. The molecular formula is C18H30N2. The first kappa shape index (κ1) is 15.5. The Morgan fingerprint density at radius 2 is 1.70 bits per heavy atom. The van der Waals surface area contributed by atoms with Gasteiger partial charge in [0.15, 0.2) is 0 Å². The molecule has 0 aliphatic carbocycles. The quantitative estimate of drug-likeness (QED) is 0.849. The van der Waals surface area contributed by atoms with Gasteiger partial charge in [-0.2, -0.15) is 0 Å². The molecule has 0 radical (unpaired) electrons. The van der Waals surface area contributed by atoms with Crippen LogP contribution in [0, 0.1) is 0 Å². The largest absolute Gasteiger partial charge is 0.309 e. The van der Waals surface area contributed by atoms with Gasteiger partial charge in [-0.3, -0.25) is 0 Å². The van der Waals surface area contributed by atoms with Crippen molar-refractivity contribution in [3.8, 4) is 0 Å². The Bertz CT molecular complexity index is 364. The Morgan fingerprint density at radius 3 is 2.30 bits per heavy atom. The zero-order valence-electron chi connectivity index (χ0n) is 13.2. The second-order valence-corrected chi connectivity index (χ2v) is 6.03. The molecule has 20 heavy (non-hydrogen) atoms. The normalized spacial score (nSPS) is 18.7. The van der Waals surface area contributed by atoms with Crippen molar-refractivity contribution in [2.24, 2.45) is 0 Å². The molecular weight excluding hydrogens is 244 g/mol. The second kappa shape index (κ2) is 8.43. The van der Waals surface area contributed by atoms with E-state index in [0.717, 1.165) is 13.0 Å². The minimum absolute atomic E-state index is 0.452. The smallest absolute Gasteiger partial charge is 0.0292 e. The lowest BCUT2D eigenvalue weighted by molar-refractivity contribution is 0.280. The molecule has 1 saturated heterocycles. The van der Waals surface area contributed by atoms with Gasteiger partial charge in [0.05, 0.1) is 0 Å². The molecule has 1 atom stereocenters. The average Bonchev–Trinajstić information content (AvgIpc) is 2.76. The number of hydrogen-bond acceptors (Lipinski definition) is 2. The van der Waals surface area contributed by atoms with E-state index in [1.54, 1.807) is 0 Å². The Morgan fingerprint density at radius 1 is 1.05 bits per heavy atom. The van der Waals surface area contributed by atoms with Gasteiger partial charge >= 0.3 is 0 Å². The van der Waals surface area contributed by atoms with Crippen LogP contribution in [0.5, 0.6) is 0 Å². The first-order valence-electron chi connectivity index (χ1n) is 8.34. The summed E-state index contributed by atoms with van der Waals surface area (Å²) in [7, 11) is 0. The highest BCUT2D eigenvalue weighted by atomic mass is 15.1. The van der Waals surface area contributed by atoms with Crippen molar-refractivity contribution in [1.82, 2.24) is 10.2 Å². The summed E-state index contributed by atoms with van der Waals surface area (Å²) < 4.78 is 0. The molecule has 1 unspecified atom stereocenters. The van der Waals surface area contributed by atoms with Gasteiger partial charge < -0.3 is 10.2 Å². The van der Waals surface area contributed by atoms with E-state index >= 15 is 0 Å². The molecule has 1 heterocycles. The fourth-order valence-corrected chi connectivity index (χ4v) is 2.96. The number of aryl methyl sites for hydroxylation is 1. The summed E-state index contributed by atoms with van der Waals surface area (Å²) >= 11 is 0. The lowest BCUT2D eigenvalue weighted by Crippen LogP contribution is -2.33. The van der Waals surface area contributed by atoms with Crippen molar-refractivity contribution in [2.45, 2.75) is 52.0 Å². The van der Waals surface area contributed by atoms with E-state index in [1.165, 1.54) is 56.4 Å². The number of likely N-dealkylation sites (tertiary alicyclic amines) is 1. The second-order valence-electron chi connectivity index (χ2n) is 6.03. The molecule has 1 aliphatic heterocycles. The molecule has 0 saturated carbocycles. The Labute approximate surface area is 124 Å². The van der Waals surface area contributed by atoms with Crippen LogP contribution < -0.4 is 5.32 Å². The highest BCUT2D eigenvalue weighted by molar-refractivity contribution is 5.24. The lowest BCUT2D eigenvalue weighted by atomic mass is 10.1. The zero-order valence-corrected chi connectivity index (χ0v) is 13.2. The van der Waals surface area contributed by atoms with Gasteiger partial charge in [0.2, 0.25) is 0 Å². The third-order valence-electron chi connectivity index (χ3n) is 4.47. The monoisotopic (exact) mass is 274 g/mol. The maximum Gasteiger partial charge on any atom is 0.0292 e. The van der Waals surface area contributed by atoms with Crippen molar-refractivity contribution >= 4 is 0 Å². The summed E-state index contributed by atoms with van der Waals surface area (Å²) in [5.41, 5.74) is 2.82. The highest BCUT2D eigenvalue weighted by Crippen LogP contribution is 2.14. The summed E-state index contributed by atoms with van der Waals surface area (Å²) in [4.78, 5) is 2.62. The minimum Gasteiger partial charge on any atom is -0.309 e. The first-order valence-corrected chi connectivity index (χ1v) is 8.34. The Kier molecular flexibility index (Phi) is 6.55. The number of hydrogen-bond donors (Lipinski definition) is 1. The molecule has 1 fully saturated rings. The fourth-order valence-electron chi connectivity index (χ4n) is 2.96. The van der Waals surface area contributed by atoms with Crippen LogP contribution in [0.2, 0.25) is 0 Å². The van der Waals surface area contributed by atoms with Gasteiger partial charge in [-0.1, -0.05) is 44.0 Å². The van der Waals surface area contributed by atoms with Gasteiger partial charge in [0.1, 0.15) is 0 Å². The third-order valence-corrected chi connectivity index (χ3v) is 4.47. The van der Waals surface area contributed by atoms with E-state index in [4.69, 9.17) is 0 Å². The lowest BCUT2D eigenvalue weighted by Gasteiger charge is -2.22. The molecule has 2 nitrogen and oxygen atoms in total. The van der Waals surface area contributed by atoms with Crippen LogP contribution in [0.15, 0.2) is 24.3 Å². The van der Waals surface area contributed by atoms with Gasteiger partial charge in [-0.05, 0) is 50.4 Å². The van der Waals surface area contributed by atoms with Crippen LogP contribution in [0.4, 0.5) is 0 Å². The predicted molar refractivity (Wildman–Crippen MR) is 87.1 cm³/mol. The van der Waals surface area contributed by atoms with E-state index in [2.05, 4.69) is 48.3 Å². The maximum atomic E-state index is 3.66. The average molecular weight is 274 g/mol. The van der Waals surface area contributed by atoms with Crippen LogP contribution in [0.25, 0.3) is 0 Å². The summed E-state index contributed by atoms with van der Waals surface area (Å²) in [6.45, 7) is 9.35. The van der Waals surface area contributed by atoms with Crippen molar-refractivity contribution in [3.05, 3.63) is 35.4 Å². The molecule has 0 aromatic heterocycles. The van der Waals surface area contributed by atoms with Crippen molar-refractivity contribution in [2.75, 3.05) is 26.2 Å². The molecule has 0 amide bonds. The van der Waals surface area contributed by atoms with Crippen LogP contribution in [0.3, 0.4) is 0 Å². The molecule has 112 valence electrons. The van der Waals surface area contributed by atoms with Crippen LogP contribution in [0.1, 0.15) is 56.7 Å². The number of rotatable bonds is 6. The summed E-state index contributed by atoms with van der Waals surface area (Å²) in [5, 5.41) is 3.66. The summed E-state index contributed by atoms with van der Waals surface area (Å²) in [5.74, 6) is 0. The molecule has 1 aliphatic rings. The SMILES string of the molecule is CCc1ccc(C(C)NCCN2CCCCCC2)cc1. The molecule has 1 N–H and O–H groups in total. The van der Waals surface area contributed by atoms with Gasteiger partial charge in [0.25, 0.3) is 0 Å². The standard InChI is InChI=1S/C18H30N2/c1-3-17-8-10-18(11-9-17)16(2)19-12-15-20-13-6-4-5-7-14-20/h8-11,16,19H,3-7,12-15H2,1-2H3. The van der Waals surface area contributed by atoms with Gasteiger partial charge in [-0.25, -0.2) is 0 Å². The van der Waals surface area contributed by atoms with E-state index < -0.39 is 0 Å². The summed E-state index contributed by atoms with van der Waals surface area (Å²) in [6, 6.07) is 9.49. The predicted octanol–water partition coefficient (Wildman–Crippen LogP) is 3.78. The van der Waals surface area contributed by atoms with E-state index in [1.807, 2.05) is 0 Å². The molecule has 0 spiro atoms. The minimum atomic E-state index is 0.452. The van der Waals surface area contributed by atoms with Crippen LogP contribution in [-0.4, -0.2) is 31.1 Å². The van der Waals surface area contributed by atoms with Crippen LogP contribution >= 0.6 is 0 Å². The molecule has 1 aromatic rings. The van der Waals surface area contributed by atoms with E-state index in [9.17, 15) is 0 Å². The van der Waals surface area contributed by atoms with E-state index in [0.29, 0.717) is 6.04 Å². The molecule has 0 bridgehead atoms. The number of nitrogens with one attached hydrogen (secondary N) is 1. The Hall–Kier alpha value is -0.860. The van der Waals surface area contributed by atoms with Gasteiger partial charge in [0, 0.05) is 19.1 Å². The van der Waals surface area contributed by atoms with Crippen molar-refractivity contribution in [3.63, 3.8) is 0 Å². The first-order chi connectivity index (χ1) is 9.79. The highest BCUT2D eigenvalue weighted by Gasteiger charge is 2.09. The topological polar surface area (TPSA) is 15.3 Å². The van der Waals surface area contributed by atoms with Crippen LogP contribution in [-0.2, 0) is 6.42 Å². The number of benzene rings is 1. The fraction of sp³-hybridized carbons (Fsp3) is 0.667. The third kappa shape index (κ3) is 4.92. The molecule has 2 rings (SSSR count). The van der Waals surface area contributed by atoms with Crippen molar-refractivity contribution in [1.29, 1.82) is 0 Å². The molecule has 1 aromatic carbocycles. The maximum absolute atomic E-state index is 3.66. The van der Waals surface area contributed by atoms with Gasteiger partial charge in [-0.15, -0.1) is 0 Å². The number of nitrogens with zero attached hydrogens (tertiary/aromatic N) is 1. The summed E-state index contributed by atoms with van der Waals surface area (Å²) in [6.07, 6.45) is 6.73.